The maximum Gasteiger partial charge on any atom is 0.125 e. The number of hydrogen-bond donors (Lipinski definition) is 1. The van der Waals surface area contributed by atoms with Gasteiger partial charge in [0, 0.05) is 18.9 Å². The fourth-order valence-corrected chi connectivity index (χ4v) is 2.53. The minimum atomic E-state index is 0.317. The highest BCUT2D eigenvalue weighted by molar-refractivity contribution is 5.21. The second-order valence-corrected chi connectivity index (χ2v) is 5.34. The van der Waals surface area contributed by atoms with E-state index < -0.39 is 0 Å². The van der Waals surface area contributed by atoms with Gasteiger partial charge in [0.25, 0.3) is 0 Å². The van der Waals surface area contributed by atoms with Crippen molar-refractivity contribution in [3.05, 3.63) is 53.6 Å². The van der Waals surface area contributed by atoms with Gasteiger partial charge in [-0.3, -0.25) is 0 Å². The molecule has 20 heavy (non-hydrogen) atoms. The Labute approximate surface area is 122 Å². The lowest BCUT2D eigenvalue weighted by Gasteiger charge is -2.17. The maximum atomic E-state index is 4.53. The van der Waals surface area contributed by atoms with Crippen molar-refractivity contribution >= 4 is 0 Å². The van der Waals surface area contributed by atoms with Gasteiger partial charge >= 0.3 is 0 Å². The summed E-state index contributed by atoms with van der Waals surface area (Å²) >= 11 is 0. The Morgan fingerprint density at radius 2 is 2.00 bits per heavy atom. The number of aromatic nitrogens is 2. The van der Waals surface area contributed by atoms with E-state index in [2.05, 4.69) is 59.2 Å². The highest BCUT2D eigenvalue weighted by Crippen LogP contribution is 2.18. The smallest absolute Gasteiger partial charge is 0.125 e. The summed E-state index contributed by atoms with van der Waals surface area (Å²) in [6.07, 6.45) is 7.26. The molecule has 1 heterocycles. The van der Waals surface area contributed by atoms with Crippen LogP contribution in [0.2, 0.25) is 0 Å². The van der Waals surface area contributed by atoms with Crippen LogP contribution in [0.5, 0.6) is 0 Å². The summed E-state index contributed by atoms with van der Waals surface area (Å²) in [6, 6.07) is 9.13. The number of benzene rings is 1. The monoisotopic (exact) mass is 271 g/mol. The second kappa shape index (κ2) is 7.25. The van der Waals surface area contributed by atoms with E-state index >= 15 is 0 Å². The lowest BCUT2D eigenvalue weighted by Crippen LogP contribution is -2.21. The second-order valence-electron chi connectivity index (χ2n) is 5.34. The van der Waals surface area contributed by atoms with E-state index in [1.807, 2.05) is 13.2 Å². The van der Waals surface area contributed by atoms with E-state index in [-0.39, 0.29) is 0 Å². The first kappa shape index (κ1) is 14.8. The Morgan fingerprint density at radius 1 is 1.25 bits per heavy atom. The van der Waals surface area contributed by atoms with E-state index in [1.54, 1.807) is 0 Å². The molecule has 0 aliphatic heterocycles. The van der Waals surface area contributed by atoms with Crippen molar-refractivity contribution in [3.63, 3.8) is 0 Å². The average molecular weight is 271 g/mol. The summed E-state index contributed by atoms with van der Waals surface area (Å²) in [4.78, 5) is 4.53. The minimum Gasteiger partial charge on any atom is -0.334 e. The molecule has 0 fully saturated rings. The van der Waals surface area contributed by atoms with E-state index in [0.29, 0.717) is 6.04 Å². The van der Waals surface area contributed by atoms with Gasteiger partial charge in [-0.05, 0) is 38.8 Å². The lowest BCUT2D eigenvalue weighted by atomic mass is 10.0. The van der Waals surface area contributed by atoms with E-state index in [0.717, 1.165) is 31.6 Å². The molecule has 2 aromatic rings. The third-order valence-electron chi connectivity index (χ3n) is 3.71. The predicted molar refractivity (Wildman–Crippen MR) is 83.8 cm³/mol. The summed E-state index contributed by atoms with van der Waals surface area (Å²) < 4.78 is 2.26. The van der Waals surface area contributed by atoms with E-state index in [9.17, 15) is 0 Å². The van der Waals surface area contributed by atoms with Gasteiger partial charge in [0.2, 0.25) is 0 Å². The van der Waals surface area contributed by atoms with Gasteiger partial charge in [0.1, 0.15) is 5.82 Å². The van der Waals surface area contributed by atoms with E-state index in [1.165, 1.54) is 11.1 Å². The molecule has 1 aromatic carbocycles. The highest BCUT2D eigenvalue weighted by Gasteiger charge is 2.14. The van der Waals surface area contributed by atoms with Crippen molar-refractivity contribution in [1.29, 1.82) is 0 Å². The number of nitrogens with zero attached hydrogens (tertiary/aromatic N) is 2. The Balaban J connectivity index is 2.01. The van der Waals surface area contributed by atoms with Crippen molar-refractivity contribution in [2.24, 2.45) is 0 Å². The zero-order valence-corrected chi connectivity index (χ0v) is 12.8. The largest absolute Gasteiger partial charge is 0.334 e. The minimum absolute atomic E-state index is 0.317. The third-order valence-corrected chi connectivity index (χ3v) is 3.71. The van der Waals surface area contributed by atoms with Crippen LogP contribution in [0.1, 0.15) is 42.8 Å². The summed E-state index contributed by atoms with van der Waals surface area (Å²) in [5.41, 5.74) is 2.71. The van der Waals surface area contributed by atoms with Crippen LogP contribution in [0.15, 0.2) is 36.7 Å². The molecule has 3 nitrogen and oxygen atoms in total. The summed E-state index contributed by atoms with van der Waals surface area (Å²) in [5, 5.41) is 3.40. The number of aryl methyl sites for hydroxylation is 3. The fourth-order valence-electron chi connectivity index (χ4n) is 2.53. The van der Waals surface area contributed by atoms with Crippen LogP contribution in [-0.4, -0.2) is 16.6 Å². The van der Waals surface area contributed by atoms with Gasteiger partial charge in [-0.1, -0.05) is 36.8 Å². The zero-order valence-electron chi connectivity index (χ0n) is 12.8. The first-order chi connectivity index (χ1) is 9.74. The van der Waals surface area contributed by atoms with Crippen molar-refractivity contribution in [2.75, 3.05) is 7.05 Å². The molecule has 0 radical (unpaired) electrons. The molecule has 3 heteroatoms. The van der Waals surface area contributed by atoms with Crippen molar-refractivity contribution in [3.8, 4) is 0 Å². The van der Waals surface area contributed by atoms with Gasteiger partial charge in [0.05, 0.1) is 6.04 Å². The zero-order chi connectivity index (χ0) is 14.4. The Bertz CT molecular complexity index is 513. The van der Waals surface area contributed by atoms with E-state index in [4.69, 9.17) is 0 Å². The van der Waals surface area contributed by atoms with Crippen LogP contribution in [0.4, 0.5) is 0 Å². The summed E-state index contributed by atoms with van der Waals surface area (Å²) in [6.45, 7) is 5.37. The van der Waals surface area contributed by atoms with Gasteiger partial charge in [0.15, 0.2) is 0 Å². The van der Waals surface area contributed by atoms with Crippen molar-refractivity contribution in [2.45, 2.75) is 45.7 Å². The molecule has 0 amide bonds. The van der Waals surface area contributed by atoms with Gasteiger partial charge in [-0.2, -0.15) is 0 Å². The molecule has 0 saturated carbocycles. The van der Waals surface area contributed by atoms with Crippen LogP contribution in [0.25, 0.3) is 0 Å². The number of rotatable bonds is 7. The van der Waals surface area contributed by atoms with Crippen LogP contribution < -0.4 is 5.32 Å². The van der Waals surface area contributed by atoms with Gasteiger partial charge in [-0.15, -0.1) is 0 Å². The molecule has 1 aromatic heterocycles. The molecule has 0 spiro atoms. The van der Waals surface area contributed by atoms with Crippen LogP contribution in [-0.2, 0) is 13.0 Å². The number of hydrogen-bond acceptors (Lipinski definition) is 2. The predicted octanol–water partition coefficient (Wildman–Crippen LogP) is 3.49. The molecule has 2 rings (SSSR count). The van der Waals surface area contributed by atoms with Crippen molar-refractivity contribution < 1.29 is 0 Å². The molecular weight excluding hydrogens is 246 g/mol. The molecule has 0 aliphatic carbocycles. The Hall–Kier alpha value is -1.61. The molecule has 108 valence electrons. The maximum absolute atomic E-state index is 4.53. The van der Waals surface area contributed by atoms with Gasteiger partial charge < -0.3 is 9.88 Å². The molecule has 0 bridgehead atoms. The summed E-state index contributed by atoms with van der Waals surface area (Å²) in [7, 11) is 2.02. The number of nitrogens with one attached hydrogen (secondary N) is 1. The summed E-state index contributed by atoms with van der Waals surface area (Å²) in [5.74, 6) is 1.15. The highest BCUT2D eigenvalue weighted by atomic mass is 15.1. The first-order valence-electron chi connectivity index (χ1n) is 7.48. The molecule has 1 unspecified atom stereocenters. The normalized spacial score (nSPS) is 12.6. The Kier molecular flexibility index (Phi) is 5.36. The van der Waals surface area contributed by atoms with Crippen LogP contribution >= 0.6 is 0 Å². The fraction of sp³-hybridized carbons (Fsp3) is 0.471. The molecule has 0 saturated heterocycles. The topological polar surface area (TPSA) is 29.9 Å². The van der Waals surface area contributed by atoms with Crippen LogP contribution in [0, 0.1) is 6.92 Å². The van der Waals surface area contributed by atoms with Crippen LogP contribution in [0.3, 0.4) is 0 Å². The molecular formula is C17H25N3. The first-order valence-corrected chi connectivity index (χ1v) is 7.48. The molecule has 1 N–H and O–H groups in total. The quantitative estimate of drug-likeness (QED) is 0.835. The Morgan fingerprint density at radius 3 is 2.65 bits per heavy atom. The molecule has 0 aliphatic rings. The standard InChI is InChI=1S/C17H25N3/c1-4-12-20-13-11-19-17(20)16(18-3)10-9-15-7-5-14(2)6-8-15/h5-8,11,13,16,18H,4,9-10,12H2,1-3H3. The van der Waals surface area contributed by atoms with Gasteiger partial charge in [-0.25, -0.2) is 4.98 Å². The van der Waals surface area contributed by atoms with Crippen molar-refractivity contribution in [1.82, 2.24) is 14.9 Å². The third kappa shape index (κ3) is 3.70. The SMILES string of the molecule is CCCn1ccnc1C(CCc1ccc(C)cc1)NC. The molecule has 1 atom stereocenters. The average Bonchev–Trinajstić information content (AvgIpc) is 2.90. The lowest BCUT2D eigenvalue weighted by molar-refractivity contribution is 0.486. The number of imidazole rings is 1.